The summed E-state index contributed by atoms with van der Waals surface area (Å²) in [6.45, 7) is 4.44. The summed E-state index contributed by atoms with van der Waals surface area (Å²) in [5, 5.41) is 3.32. The summed E-state index contributed by atoms with van der Waals surface area (Å²) in [6.07, 6.45) is 5.05. The molecule has 0 bridgehead atoms. The summed E-state index contributed by atoms with van der Waals surface area (Å²) >= 11 is 0. The van der Waals surface area contributed by atoms with Crippen LogP contribution >= 0.6 is 0 Å². The van der Waals surface area contributed by atoms with E-state index in [1.807, 2.05) is 12.5 Å². The second kappa shape index (κ2) is 4.94. The molecule has 0 aliphatic carbocycles. The molecule has 1 fully saturated rings. The molecule has 2 heterocycles. The molecule has 0 spiro atoms. The van der Waals surface area contributed by atoms with Crippen molar-refractivity contribution < 1.29 is 0 Å². The fraction of sp³-hybridized carbons (Fsp3) is 0.400. The predicted octanol–water partition coefficient (Wildman–Crippen LogP) is 2.37. The van der Waals surface area contributed by atoms with Crippen LogP contribution in [0.15, 0.2) is 42.9 Å². The Bertz CT molecular complexity index is 499. The van der Waals surface area contributed by atoms with Crippen LogP contribution in [-0.2, 0) is 6.42 Å². The van der Waals surface area contributed by atoms with Gasteiger partial charge in [-0.1, -0.05) is 30.3 Å². The molecule has 0 amide bonds. The van der Waals surface area contributed by atoms with Crippen molar-refractivity contribution in [2.45, 2.75) is 25.3 Å². The van der Waals surface area contributed by atoms with Gasteiger partial charge in [-0.15, -0.1) is 0 Å². The summed E-state index contributed by atoms with van der Waals surface area (Å²) in [7, 11) is 0. The summed E-state index contributed by atoms with van der Waals surface area (Å²) in [4.78, 5) is 4.32. The van der Waals surface area contributed by atoms with Crippen LogP contribution in [0.5, 0.6) is 0 Å². The third kappa shape index (κ3) is 2.18. The van der Waals surface area contributed by atoms with Gasteiger partial charge in [0.15, 0.2) is 0 Å². The molecule has 1 N–H and O–H groups in total. The molecule has 1 aromatic heterocycles. The molecule has 1 unspecified atom stereocenters. The number of nitrogens with zero attached hydrogens (tertiary/aromatic N) is 2. The molecule has 1 atom stereocenters. The normalized spacial score (nSPS) is 17.4. The van der Waals surface area contributed by atoms with Gasteiger partial charge in [-0.3, -0.25) is 0 Å². The smallest absolute Gasteiger partial charge is 0.0950 e. The average molecular weight is 241 g/mol. The van der Waals surface area contributed by atoms with Gasteiger partial charge in [0.2, 0.25) is 0 Å². The Morgan fingerprint density at radius 2 is 2.11 bits per heavy atom. The van der Waals surface area contributed by atoms with Crippen LogP contribution in [0.3, 0.4) is 0 Å². The van der Waals surface area contributed by atoms with E-state index in [0.717, 1.165) is 19.5 Å². The van der Waals surface area contributed by atoms with Crippen LogP contribution in [0.25, 0.3) is 0 Å². The van der Waals surface area contributed by atoms with E-state index < -0.39 is 0 Å². The first-order valence-corrected chi connectivity index (χ1v) is 6.61. The molecule has 1 aromatic carbocycles. The van der Waals surface area contributed by atoms with Gasteiger partial charge < -0.3 is 9.88 Å². The van der Waals surface area contributed by atoms with Crippen molar-refractivity contribution in [3.05, 3.63) is 54.1 Å². The Morgan fingerprint density at radius 3 is 2.78 bits per heavy atom. The maximum Gasteiger partial charge on any atom is 0.0950 e. The Hall–Kier alpha value is -1.61. The van der Waals surface area contributed by atoms with Gasteiger partial charge in [0, 0.05) is 36.9 Å². The van der Waals surface area contributed by atoms with Crippen LogP contribution in [-0.4, -0.2) is 22.6 Å². The highest BCUT2D eigenvalue weighted by molar-refractivity contribution is 5.17. The monoisotopic (exact) mass is 241 g/mol. The zero-order valence-corrected chi connectivity index (χ0v) is 10.7. The van der Waals surface area contributed by atoms with E-state index in [1.54, 1.807) is 0 Å². The fourth-order valence-electron chi connectivity index (χ4n) is 2.55. The highest BCUT2D eigenvalue weighted by atomic mass is 15.1. The lowest BCUT2D eigenvalue weighted by Crippen LogP contribution is -2.41. The van der Waals surface area contributed by atoms with Gasteiger partial charge in [-0.25, -0.2) is 4.98 Å². The number of rotatable bonds is 4. The number of aromatic nitrogens is 2. The minimum Gasteiger partial charge on any atom is -0.331 e. The standard InChI is InChI=1S/C15H19N3/c1-12(7-13-5-3-2-4-6-13)18-11-17-10-15(18)14-8-16-9-14/h2-6,10-12,14,16H,7-9H2,1H3. The number of hydrogen-bond donors (Lipinski definition) is 1. The van der Waals surface area contributed by atoms with Gasteiger partial charge in [0.05, 0.1) is 6.33 Å². The van der Waals surface area contributed by atoms with E-state index in [4.69, 9.17) is 0 Å². The molecule has 0 saturated carbocycles. The highest BCUT2D eigenvalue weighted by Crippen LogP contribution is 2.24. The van der Waals surface area contributed by atoms with E-state index >= 15 is 0 Å². The Balaban J connectivity index is 1.76. The third-order valence-corrected chi connectivity index (χ3v) is 3.74. The average Bonchev–Trinajstić information content (AvgIpc) is 2.77. The lowest BCUT2D eigenvalue weighted by atomic mass is 9.98. The Morgan fingerprint density at radius 1 is 1.33 bits per heavy atom. The minimum absolute atomic E-state index is 0.463. The van der Waals surface area contributed by atoms with Crippen LogP contribution in [0.1, 0.15) is 30.1 Å². The van der Waals surface area contributed by atoms with Crippen molar-refractivity contribution in [1.82, 2.24) is 14.9 Å². The molecule has 1 aliphatic rings. The predicted molar refractivity (Wildman–Crippen MR) is 72.7 cm³/mol. The number of imidazole rings is 1. The summed E-state index contributed by atoms with van der Waals surface area (Å²) < 4.78 is 2.33. The zero-order chi connectivity index (χ0) is 12.4. The van der Waals surface area contributed by atoms with Crippen LogP contribution < -0.4 is 5.32 Å². The molecule has 1 saturated heterocycles. The Labute approximate surface area is 108 Å². The molecule has 3 nitrogen and oxygen atoms in total. The zero-order valence-electron chi connectivity index (χ0n) is 10.7. The van der Waals surface area contributed by atoms with E-state index in [2.05, 4.69) is 52.1 Å². The molecule has 3 rings (SSSR count). The maximum atomic E-state index is 4.32. The second-order valence-electron chi connectivity index (χ2n) is 5.12. The van der Waals surface area contributed by atoms with Crippen molar-refractivity contribution in [1.29, 1.82) is 0 Å². The quantitative estimate of drug-likeness (QED) is 0.890. The molecule has 18 heavy (non-hydrogen) atoms. The van der Waals surface area contributed by atoms with Gasteiger partial charge in [0.25, 0.3) is 0 Å². The van der Waals surface area contributed by atoms with Crippen LogP contribution in [0.4, 0.5) is 0 Å². The summed E-state index contributed by atoms with van der Waals surface area (Å²) in [6, 6.07) is 11.1. The fourth-order valence-corrected chi connectivity index (χ4v) is 2.55. The van der Waals surface area contributed by atoms with Gasteiger partial charge in [-0.05, 0) is 18.9 Å². The topological polar surface area (TPSA) is 29.9 Å². The number of nitrogens with one attached hydrogen (secondary N) is 1. The van der Waals surface area contributed by atoms with E-state index in [1.165, 1.54) is 11.3 Å². The largest absolute Gasteiger partial charge is 0.331 e. The molecule has 3 heteroatoms. The van der Waals surface area contributed by atoms with E-state index in [9.17, 15) is 0 Å². The lowest BCUT2D eigenvalue weighted by molar-refractivity contribution is 0.407. The van der Waals surface area contributed by atoms with E-state index in [-0.39, 0.29) is 0 Å². The Kier molecular flexibility index (Phi) is 3.15. The van der Waals surface area contributed by atoms with Crippen molar-refractivity contribution in [3.8, 4) is 0 Å². The maximum absolute atomic E-state index is 4.32. The summed E-state index contributed by atoms with van der Waals surface area (Å²) in [5.41, 5.74) is 2.76. The van der Waals surface area contributed by atoms with Gasteiger partial charge >= 0.3 is 0 Å². The molecule has 0 radical (unpaired) electrons. The molecule has 94 valence electrons. The molecule has 2 aromatic rings. The van der Waals surface area contributed by atoms with Crippen molar-refractivity contribution in [2.75, 3.05) is 13.1 Å². The number of hydrogen-bond acceptors (Lipinski definition) is 2. The van der Waals surface area contributed by atoms with Crippen molar-refractivity contribution >= 4 is 0 Å². The van der Waals surface area contributed by atoms with Crippen molar-refractivity contribution in [2.24, 2.45) is 0 Å². The summed E-state index contributed by atoms with van der Waals surface area (Å²) in [5.74, 6) is 0.644. The lowest BCUT2D eigenvalue weighted by Gasteiger charge is -2.29. The number of benzene rings is 1. The van der Waals surface area contributed by atoms with Crippen LogP contribution in [0.2, 0.25) is 0 Å². The van der Waals surface area contributed by atoms with Crippen LogP contribution in [0, 0.1) is 0 Å². The first kappa shape index (κ1) is 11.5. The van der Waals surface area contributed by atoms with Crippen molar-refractivity contribution in [3.63, 3.8) is 0 Å². The van der Waals surface area contributed by atoms with Gasteiger partial charge in [0.1, 0.15) is 0 Å². The molecule has 1 aliphatic heterocycles. The highest BCUT2D eigenvalue weighted by Gasteiger charge is 2.23. The molecular formula is C15H19N3. The second-order valence-corrected chi connectivity index (χ2v) is 5.12. The minimum atomic E-state index is 0.463. The van der Waals surface area contributed by atoms with E-state index in [0.29, 0.717) is 12.0 Å². The molecular weight excluding hydrogens is 222 g/mol. The third-order valence-electron chi connectivity index (χ3n) is 3.74. The SMILES string of the molecule is CC(Cc1ccccc1)n1cncc1C1CNC1. The van der Waals surface area contributed by atoms with Gasteiger partial charge in [-0.2, -0.15) is 0 Å². The first-order valence-electron chi connectivity index (χ1n) is 6.61. The first-order chi connectivity index (χ1) is 8.84.